The van der Waals surface area contributed by atoms with E-state index in [1.54, 1.807) is 18.4 Å². The average Bonchev–Trinajstić information content (AvgIpc) is 3.11. The largest absolute Gasteiger partial charge is 0.495 e. The number of thiazole rings is 1. The molecule has 0 aliphatic heterocycles. The Bertz CT molecular complexity index is 1020. The second-order valence-electron chi connectivity index (χ2n) is 5.38. The molecule has 2 aromatic carbocycles. The number of methoxy groups -OCH3 is 1. The maximum absolute atomic E-state index is 5.87. The number of anilines is 3. The molecule has 4 aromatic rings. The number of benzene rings is 2. The van der Waals surface area contributed by atoms with Crippen LogP contribution in [0.25, 0.3) is 21.1 Å². The van der Waals surface area contributed by atoms with E-state index >= 15 is 0 Å². The molecule has 0 aliphatic carbocycles. The number of nitrogens with zero attached hydrogens (tertiary/aromatic N) is 2. The number of ether oxygens (including phenoxy) is 1. The summed E-state index contributed by atoms with van der Waals surface area (Å²) in [5.41, 5.74) is 9.56. The third kappa shape index (κ3) is 2.27. The van der Waals surface area contributed by atoms with Crippen molar-refractivity contribution in [2.45, 2.75) is 0 Å². The fourth-order valence-electron chi connectivity index (χ4n) is 2.73. The molecule has 0 saturated carbocycles. The second-order valence-corrected chi connectivity index (χ2v) is 6.41. The summed E-state index contributed by atoms with van der Waals surface area (Å²) >= 11 is 1.61. The van der Waals surface area contributed by atoms with Crippen LogP contribution in [-0.4, -0.2) is 16.7 Å². The third-order valence-electron chi connectivity index (χ3n) is 3.89. The Labute approximate surface area is 137 Å². The molecule has 116 valence electrons. The van der Waals surface area contributed by atoms with Gasteiger partial charge in [0.15, 0.2) is 5.13 Å². The molecular formula is C17H16N4OS. The molecule has 6 heteroatoms. The maximum atomic E-state index is 5.87. The van der Waals surface area contributed by atoms with Gasteiger partial charge in [0, 0.05) is 24.3 Å². The molecular weight excluding hydrogens is 308 g/mol. The lowest BCUT2D eigenvalue weighted by Gasteiger charge is -2.09. The maximum Gasteiger partial charge on any atom is 0.188 e. The number of aromatic nitrogens is 2. The van der Waals surface area contributed by atoms with Crippen LogP contribution in [-0.2, 0) is 7.05 Å². The van der Waals surface area contributed by atoms with Gasteiger partial charge < -0.3 is 20.4 Å². The third-order valence-corrected chi connectivity index (χ3v) is 4.82. The Kier molecular flexibility index (Phi) is 3.12. The molecule has 0 atom stereocenters. The Hall–Kier alpha value is -2.73. The molecule has 4 rings (SSSR count). The topological polar surface area (TPSA) is 65.1 Å². The van der Waals surface area contributed by atoms with E-state index in [0.29, 0.717) is 5.69 Å². The first-order valence-electron chi connectivity index (χ1n) is 7.21. The lowest BCUT2D eigenvalue weighted by atomic mass is 10.2. The standard InChI is InChI=1S/C17H16N4OS/c1-21-8-7-11-13(21)4-6-15-16(11)20-17(23-15)19-12-9-10(18)3-5-14(12)22-2/h3-9H,18H2,1-2H3,(H,19,20). The molecule has 0 radical (unpaired) electrons. The van der Waals surface area contributed by atoms with Gasteiger partial charge in [0.1, 0.15) is 5.75 Å². The van der Waals surface area contributed by atoms with Gasteiger partial charge in [0.05, 0.1) is 28.5 Å². The van der Waals surface area contributed by atoms with Crippen LogP contribution in [0.3, 0.4) is 0 Å². The Morgan fingerprint density at radius 3 is 2.91 bits per heavy atom. The lowest BCUT2D eigenvalue weighted by Crippen LogP contribution is -1.95. The van der Waals surface area contributed by atoms with Crippen LogP contribution in [0, 0.1) is 0 Å². The van der Waals surface area contributed by atoms with E-state index in [-0.39, 0.29) is 0 Å². The van der Waals surface area contributed by atoms with E-state index in [1.807, 2.05) is 25.2 Å². The number of fused-ring (bicyclic) bond motifs is 3. The monoisotopic (exact) mass is 324 g/mol. The first kappa shape index (κ1) is 13.9. The number of nitrogens with one attached hydrogen (secondary N) is 1. The average molecular weight is 324 g/mol. The van der Waals surface area contributed by atoms with Crippen molar-refractivity contribution in [2.75, 3.05) is 18.2 Å². The van der Waals surface area contributed by atoms with Gasteiger partial charge in [-0.15, -0.1) is 0 Å². The van der Waals surface area contributed by atoms with Crippen molar-refractivity contribution in [2.24, 2.45) is 7.05 Å². The second kappa shape index (κ2) is 5.17. The fourth-order valence-corrected chi connectivity index (χ4v) is 3.63. The zero-order chi connectivity index (χ0) is 16.0. The van der Waals surface area contributed by atoms with Crippen LogP contribution in [0.4, 0.5) is 16.5 Å². The summed E-state index contributed by atoms with van der Waals surface area (Å²) in [6, 6.07) is 11.8. The predicted molar refractivity (Wildman–Crippen MR) is 96.8 cm³/mol. The van der Waals surface area contributed by atoms with Crippen LogP contribution in [0.1, 0.15) is 0 Å². The summed E-state index contributed by atoms with van der Waals surface area (Å²) in [5, 5.41) is 5.30. The smallest absolute Gasteiger partial charge is 0.188 e. The van der Waals surface area contributed by atoms with Gasteiger partial charge in [0.2, 0.25) is 0 Å². The van der Waals surface area contributed by atoms with Crippen LogP contribution in [0.2, 0.25) is 0 Å². The zero-order valence-corrected chi connectivity index (χ0v) is 13.6. The van der Waals surface area contributed by atoms with Gasteiger partial charge in [-0.05, 0) is 36.4 Å². The van der Waals surface area contributed by atoms with Crippen LogP contribution >= 0.6 is 11.3 Å². The summed E-state index contributed by atoms with van der Waals surface area (Å²) in [5.74, 6) is 0.739. The van der Waals surface area contributed by atoms with E-state index in [0.717, 1.165) is 32.2 Å². The minimum atomic E-state index is 0.680. The normalized spacial score (nSPS) is 11.2. The van der Waals surface area contributed by atoms with E-state index in [1.165, 1.54) is 5.52 Å². The quantitative estimate of drug-likeness (QED) is 0.556. The van der Waals surface area contributed by atoms with Crippen molar-refractivity contribution < 1.29 is 4.74 Å². The van der Waals surface area contributed by atoms with Gasteiger partial charge in [-0.25, -0.2) is 4.98 Å². The van der Waals surface area contributed by atoms with Crippen LogP contribution < -0.4 is 15.8 Å². The number of rotatable bonds is 3. The number of nitrogen functional groups attached to an aromatic ring is 1. The fraction of sp³-hybridized carbons (Fsp3) is 0.118. The highest BCUT2D eigenvalue weighted by molar-refractivity contribution is 7.22. The zero-order valence-electron chi connectivity index (χ0n) is 12.8. The van der Waals surface area contributed by atoms with Crippen LogP contribution in [0.15, 0.2) is 42.6 Å². The predicted octanol–water partition coefficient (Wildman–Crippen LogP) is 4.12. The minimum absolute atomic E-state index is 0.680. The summed E-state index contributed by atoms with van der Waals surface area (Å²) < 4.78 is 8.62. The Morgan fingerprint density at radius 2 is 2.09 bits per heavy atom. The first-order valence-corrected chi connectivity index (χ1v) is 8.02. The SMILES string of the molecule is COc1ccc(N)cc1Nc1nc2c(ccc3c2ccn3C)s1. The molecule has 23 heavy (non-hydrogen) atoms. The molecule has 2 heterocycles. The first-order chi connectivity index (χ1) is 11.2. The molecule has 0 saturated heterocycles. The Balaban J connectivity index is 1.81. The minimum Gasteiger partial charge on any atom is -0.495 e. The van der Waals surface area contributed by atoms with E-state index in [9.17, 15) is 0 Å². The van der Waals surface area contributed by atoms with Crippen molar-refractivity contribution in [3.05, 3.63) is 42.6 Å². The Morgan fingerprint density at radius 1 is 1.22 bits per heavy atom. The van der Waals surface area contributed by atoms with Crippen molar-refractivity contribution in [3.8, 4) is 5.75 Å². The lowest BCUT2D eigenvalue weighted by molar-refractivity contribution is 0.417. The van der Waals surface area contributed by atoms with Gasteiger partial charge >= 0.3 is 0 Å². The molecule has 0 aliphatic rings. The van der Waals surface area contributed by atoms with E-state index < -0.39 is 0 Å². The van der Waals surface area contributed by atoms with Gasteiger partial charge in [0.25, 0.3) is 0 Å². The summed E-state index contributed by atoms with van der Waals surface area (Å²) in [6.45, 7) is 0. The molecule has 0 bridgehead atoms. The molecule has 0 amide bonds. The highest BCUT2D eigenvalue weighted by Crippen LogP contribution is 2.36. The highest BCUT2D eigenvalue weighted by Gasteiger charge is 2.11. The van der Waals surface area contributed by atoms with Gasteiger partial charge in [-0.3, -0.25) is 0 Å². The number of hydrogen-bond donors (Lipinski definition) is 2. The summed E-state index contributed by atoms with van der Waals surface area (Å²) in [6.07, 6.45) is 2.05. The van der Waals surface area contributed by atoms with Crippen molar-refractivity contribution in [1.29, 1.82) is 0 Å². The number of nitrogens with two attached hydrogens (primary N) is 1. The molecule has 2 aromatic heterocycles. The molecule has 3 N–H and O–H groups in total. The molecule has 5 nitrogen and oxygen atoms in total. The summed E-state index contributed by atoms with van der Waals surface area (Å²) in [7, 11) is 3.68. The van der Waals surface area contributed by atoms with Crippen molar-refractivity contribution in [1.82, 2.24) is 9.55 Å². The van der Waals surface area contributed by atoms with Gasteiger partial charge in [-0.2, -0.15) is 0 Å². The highest BCUT2D eigenvalue weighted by atomic mass is 32.1. The molecule has 0 unspecified atom stereocenters. The van der Waals surface area contributed by atoms with Crippen LogP contribution in [0.5, 0.6) is 5.75 Å². The van der Waals surface area contributed by atoms with Crippen molar-refractivity contribution >= 4 is 49.0 Å². The molecule has 0 spiro atoms. The molecule has 0 fully saturated rings. The number of hydrogen-bond acceptors (Lipinski definition) is 5. The van der Waals surface area contributed by atoms with E-state index in [4.69, 9.17) is 15.5 Å². The van der Waals surface area contributed by atoms with Crippen molar-refractivity contribution in [3.63, 3.8) is 0 Å². The summed E-state index contributed by atoms with van der Waals surface area (Å²) in [4.78, 5) is 4.75. The van der Waals surface area contributed by atoms with Gasteiger partial charge in [-0.1, -0.05) is 11.3 Å². The van der Waals surface area contributed by atoms with E-state index in [2.05, 4.69) is 34.3 Å². The number of aryl methyl sites for hydroxylation is 1.